The zero-order valence-electron chi connectivity index (χ0n) is 11.9. The van der Waals surface area contributed by atoms with Crippen LogP contribution in [0.15, 0.2) is 16.6 Å². The molecule has 0 aromatic heterocycles. The van der Waals surface area contributed by atoms with Crippen LogP contribution in [0.4, 0.5) is 4.39 Å². The Labute approximate surface area is 128 Å². The van der Waals surface area contributed by atoms with Gasteiger partial charge in [0.25, 0.3) is 0 Å². The number of aliphatic hydroxyl groups excluding tert-OH is 1. The normalized spacial score (nSPS) is 19.2. The Bertz CT molecular complexity index is 442. The average Bonchev–Trinajstić information content (AvgIpc) is 2.40. The topological polar surface area (TPSA) is 29.5 Å². The van der Waals surface area contributed by atoms with E-state index in [1.807, 2.05) is 0 Å². The fourth-order valence-electron chi connectivity index (χ4n) is 3.01. The first-order valence-corrected chi connectivity index (χ1v) is 8.13. The third-order valence-corrected chi connectivity index (χ3v) is 4.80. The van der Waals surface area contributed by atoms with Gasteiger partial charge in [-0.2, -0.15) is 0 Å². The molecule has 20 heavy (non-hydrogen) atoms. The Hall–Kier alpha value is -0.610. The van der Waals surface area contributed by atoms with E-state index >= 15 is 0 Å². The van der Waals surface area contributed by atoms with E-state index in [1.165, 1.54) is 32.4 Å². The summed E-state index contributed by atoms with van der Waals surface area (Å²) in [7, 11) is 1.51. The van der Waals surface area contributed by atoms with E-state index < -0.39 is 6.10 Å². The molecule has 1 aliphatic carbocycles. The van der Waals surface area contributed by atoms with Crippen LogP contribution in [0.3, 0.4) is 0 Å². The van der Waals surface area contributed by atoms with Crippen molar-refractivity contribution in [1.82, 2.24) is 0 Å². The van der Waals surface area contributed by atoms with E-state index in [0.29, 0.717) is 15.8 Å². The standard InChI is InChI=1S/C16H22BrFO2/c1-20-15-10-14(18)13(17)9-12(15)16(19)11-7-5-3-2-4-6-8-11/h9-11,16,19H,2-8H2,1H3. The van der Waals surface area contributed by atoms with Gasteiger partial charge >= 0.3 is 0 Å². The predicted octanol–water partition coefficient (Wildman–Crippen LogP) is 4.99. The van der Waals surface area contributed by atoms with Crippen molar-refractivity contribution in [2.45, 2.75) is 51.0 Å². The first-order chi connectivity index (χ1) is 9.63. The van der Waals surface area contributed by atoms with Crippen LogP contribution in [0.25, 0.3) is 0 Å². The summed E-state index contributed by atoms with van der Waals surface area (Å²) in [6.07, 6.45) is 7.58. The van der Waals surface area contributed by atoms with Gasteiger partial charge in [-0.05, 0) is 40.8 Å². The molecule has 0 saturated heterocycles. The molecule has 1 fully saturated rings. The fourth-order valence-corrected chi connectivity index (χ4v) is 3.37. The molecule has 1 aromatic rings. The summed E-state index contributed by atoms with van der Waals surface area (Å²) in [5.41, 5.74) is 0.686. The van der Waals surface area contributed by atoms with Gasteiger partial charge in [0, 0.05) is 11.6 Å². The van der Waals surface area contributed by atoms with Gasteiger partial charge in [-0.25, -0.2) is 4.39 Å². The molecule has 0 aliphatic heterocycles. The number of benzene rings is 1. The van der Waals surface area contributed by atoms with Gasteiger partial charge in [-0.3, -0.25) is 0 Å². The van der Waals surface area contributed by atoms with Gasteiger partial charge in [0.2, 0.25) is 0 Å². The summed E-state index contributed by atoms with van der Waals surface area (Å²) in [4.78, 5) is 0. The predicted molar refractivity (Wildman–Crippen MR) is 81.4 cm³/mol. The number of methoxy groups -OCH3 is 1. The lowest BCUT2D eigenvalue weighted by molar-refractivity contribution is 0.0886. The lowest BCUT2D eigenvalue weighted by Crippen LogP contribution is -2.15. The van der Waals surface area contributed by atoms with E-state index in [1.54, 1.807) is 6.07 Å². The summed E-state index contributed by atoms with van der Waals surface area (Å²) in [5, 5.41) is 10.7. The fraction of sp³-hybridized carbons (Fsp3) is 0.625. The highest BCUT2D eigenvalue weighted by atomic mass is 79.9. The van der Waals surface area contributed by atoms with Crippen LogP contribution in [0, 0.1) is 11.7 Å². The molecule has 1 saturated carbocycles. The molecular formula is C16H22BrFO2. The minimum atomic E-state index is -0.583. The maximum atomic E-state index is 13.6. The molecule has 2 nitrogen and oxygen atoms in total. The van der Waals surface area contributed by atoms with E-state index in [9.17, 15) is 9.50 Å². The molecule has 0 amide bonds. The Morgan fingerprint density at radius 2 is 1.80 bits per heavy atom. The first kappa shape index (κ1) is 15.8. The molecule has 1 aliphatic rings. The second-order valence-corrected chi connectivity index (χ2v) is 6.41. The van der Waals surface area contributed by atoms with Crippen molar-refractivity contribution in [1.29, 1.82) is 0 Å². The van der Waals surface area contributed by atoms with Crippen LogP contribution in [0.2, 0.25) is 0 Å². The van der Waals surface area contributed by atoms with Gasteiger partial charge in [0.15, 0.2) is 0 Å². The highest BCUT2D eigenvalue weighted by molar-refractivity contribution is 9.10. The Morgan fingerprint density at radius 1 is 1.20 bits per heavy atom. The van der Waals surface area contributed by atoms with Crippen molar-refractivity contribution in [3.05, 3.63) is 28.0 Å². The molecule has 1 N–H and O–H groups in total. The monoisotopic (exact) mass is 344 g/mol. The minimum Gasteiger partial charge on any atom is -0.496 e. The van der Waals surface area contributed by atoms with Gasteiger partial charge in [0.1, 0.15) is 11.6 Å². The highest BCUT2D eigenvalue weighted by Crippen LogP contribution is 2.38. The molecule has 1 aromatic carbocycles. The van der Waals surface area contributed by atoms with Crippen molar-refractivity contribution in [3.63, 3.8) is 0 Å². The lowest BCUT2D eigenvalue weighted by atomic mass is 9.84. The molecule has 0 radical (unpaired) electrons. The second-order valence-electron chi connectivity index (χ2n) is 5.56. The Balaban J connectivity index is 2.22. The third-order valence-electron chi connectivity index (χ3n) is 4.19. The van der Waals surface area contributed by atoms with Crippen molar-refractivity contribution in [3.8, 4) is 5.75 Å². The van der Waals surface area contributed by atoms with Gasteiger partial charge in [0.05, 0.1) is 17.7 Å². The number of rotatable bonds is 3. The Morgan fingerprint density at radius 3 is 2.40 bits per heavy atom. The number of hydrogen-bond acceptors (Lipinski definition) is 2. The quantitative estimate of drug-likeness (QED) is 0.836. The van der Waals surface area contributed by atoms with Crippen LogP contribution >= 0.6 is 15.9 Å². The molecule has 1 atom stereocenters. The summed E-state index contributed by atoms with van der Waals surface area (Å²) in [6.45, 7) is 0. The van der Waals surface area contributed by atoms with Crippen LogP contribution in [0.5, 0.6) is 5.75 Å². The van der Waals surface area contributed by atoms with Crippen molar-refractivity contribution < 1.29 is 14.2 Å². The van der Waals surface area contributed by atoms with Crippen molar-refractivity contribution >= 4 is 15.9 Å². The van der Waals surface area contributed by atoms with E-state index in [0.717, 1.165) is 25.7 Å². The molecule has 2 rings (SSSR count). The maximum Gasteiger partial charge on any atom is 0.141 e. The van der Waals surface area contributed by atoms with Crippen LogP contribution in [-0.2, 0) is 0 Å². The summed E-state index contributed by atoms with van der Waals surface area (Å²) < 4.78 is 19.2. The molecule has 0 bridgehead atoms. The molecule has 1 unspecified atom stereocenters. The lowest BCUT2D eigenvalue weighted by Gasteiger charge is -2.26. The first-order valence-electron chi connectivity index (χ1n) is 7.34. The van der Waals surface area contributed by atoms with Crippen molar-refractivity contribution in [2.24, 2.45) is 5.92 Å². The zero-order chi connectivity index (χ0) is 14.5. The van der Waals surface area contributed by atoms with Crippen LogP contribution < -0.4 is 4.74 Å². The van der Waals surface area contributed by atoms with Crippen LogP contribution in [-0.4, -0.2) is 12.2 Å². The minimum absolute atomic E-state index is 0.238. The van der Waals surface area contributed by atoms with Gasteiger partial charge < -0.3 is 9.84 Å². The SMILES string of the molecule is COc1cc(F)c(Br)cc1C(O)C1CCCCCCC1. The second kappa shape index (κ2) is 7.41. The number of hydrogen-bond donors (Lipinski definition) is 1. The number of halogens is 2. The largest absolute Gasteiger partial charge is 0.496 e. The van der Waals surface area contributed by atoms with Crippen molar-refractivity contribution in [2.75, 3.05) is 7.11 Å². The maximum absolute atomic E-state index is 13.6. The summed E-state index contributed by atoms with van der Waals surface area (Å²) in [6, 6.07) is 2.99. The summed E-state index contributed by atoms with van der Waals surface area (Å²) >= 11 is 3.19. The molecule has 0 heterocycles. The molecule has 4 heteroatoms. The molecule has 112 valence electrons. The van der Waals surface area contributed by atoms with E-state index in [2.05, 4.69) is 15.9 Å². The van der Waals surface area contributed by atoms with E-state index in [-0.39, 0.29) is 11.7 Å². The van der Waals surface area contributed by atoms with Crippen LogP contribution in [0.1, 0.15) is 56.6 Å². The van der Waals surface area contributed by atoms with Gasteiger partial charge in [-0.1, -0.05) is 32.1 Å². The van der Waals surface area contributed by atoms with Gasteiger partial charge in [-0.15, -0.1) is 0 Å². The number of ether oxygens (including phenoxy) is 1. The highest BCUT2D eigenvalue weighted by Gasteiger charge is 2.25. The zero-order valence-corrected chi connectivity index (χ0v) is 13.5. The molecular weight excluding hydrogens is 323 g/mol. The smallest absolute Gasteiger partial charge is 0.141 e. The van der Waals surface area contributed by atoms with E-state index in [4.69, 9.17) is 4.74 Å². The number of aliphatic hydroxyl groups is 1. The average molecular weight is 345 g/mol. The summed E-state index contributed by atoms with van der Waals surface area (Å²) in [5.74, 6) is 0.303. The Kier molecular flexibility index (Phi) is 5.85. The third kappa shape index (κ3) is 3.73. The molecule has 0 spiro atoms.